The third-order valence-electron chi connectivity index (χ3n) is 3.47. The summed E-state index contributed by atoms with van der Waals surface area (Å²) < 4.78 is 0. The van der Waals surface area contributed by atoms with E-state index in [4.69, 9.17) is 0 Å². The number of allylic oxidation sites excluding steroid dienone is 2. The molecule has 1 aromatic rings. The molecule has 22 heavy (non-hydrogen) atoms. The van der Waals surface area contributed by atoms with Crippen molar-refractivity contribution in [3.05, 3.63) is 51.6 Å². The minimum absolute atomic E-state index is 0.0459. The normalized spacial score (nSPS) is 18.7. The first kappa shape index (κ1) is 15.9. The topological polar surface area (TPSA) is 84.6 Å². The number of nitro groups is 1. The van der Waals surface area contributed by atoms with Gasteiger partial charge < -0.3 is 0 Å². The lowest BCUT2D eigenvalue weighted by Gasteiger charge is -2.29. The predicted molar refractivity (Wildman–Crippen MR) is 84.8 cm³/mol. The second-order valence-corrected chi connectivity index (χ2v) is 6.36. The van der Waals surface area contributed by atoms with E-state index >= 15 is 0 Å². The van der Waals surface area contributed by atoms with Gasteiger partial charge in [0.05, 0.1) is 10.6 Å². The molecule has 0 heterocycles. The lowest BCUT2D eigenvalue weighted by Crippen LogP contribution is -2.25. The second-order valence-electron chi connectivity index (χ2n) is 6.36. The molecule has 2 rings (SSSR count). The van der Waals surface area contributed by atoms with E-state index in [9.17, 15) is 14.9 Å². The third-order valence-corrected chi connectivity index (χ3v) is 3.47. The van der Waals surface area contributed by atoms with Gasteiger partial charge in [-0.15, -0.1) is 0 Å². The Morgan fingerprint density at radius 3 is 2.45 bits per heavy atom. The minimum atomic E-state index is -0.500. The zero-order valence-corrected chi connectivity index (χ0v) is 12.9. The van der Waals surface area contributed by atoms with E-state index in [1.165, 1.54) is 29.8 Å². The fourth-order valence-electron chi connectivity index (χ4n) is 2.69. The van der Waals surface area contributed by atoms with Crippen molar-refractivity contribution in [1.82, 2.24) is 5.43 Å². The molecule has 0 aliphatic heterocycles. The van der Waals surface area contributed by atoms with E-state index in [2.05, 4.69) is 31.3 Å². The van der Waals surface area contributed by atoms with Crippen molar-refractivity contribution in [2.75, 3.05) is 0 Å². The molecule has 1 N–H and O–H groups in total. The van der Waals surface area contributed by atoms with Gasteiger partial charge in [-0.2, -0.15) is 5.10 Å². The van der Waals surface area contributed by atoms with Gasteiger partial charge in [-0.1, -0.05) is 19.4 Å². The number of nitrogens with one attached hydrogen (secondary N) is 1. The number of benzene rings is 1. The van der Waals surface area contributed by atoms with Crippen LogP contribution in [0, 0.1) is 15.5 Å². The summed E-state index contributed by atoms with van der Waals surface area (Å²) in [7, 11) is 0. The molecule has 0 saturated heterocycles. The van der Waals surface area contributed by atoms with Crippen LogP contribution in [0.1, 0.15) is 44.0 Å². The maximum absolute atomic E-state index is 12.0. The van der Waals surface area contributed by atoms with E-state index in [-0.39, 0.29) is 17.0 Å². The van der Waals surface area contributed by atoms with Gasteiger partial charge in [0.25, 0.3) is 11.6 Å². The summed E-state index contributed by atoms with van der Waals surface area (Å²) in [5.41, 5.74) is 5.01. The molecule has 0 spiro atoms. The Hall–Kier alpha value is -2.50. The monoisotopic (exact) mass is 301 g/mol. The average Bonchev–Trinajstić information content (AvgIpc) is 2.42. The van der Waals surface area contributed by atoms with Crippen molar-refractivity contribution >= 4 is 17.3 Å². The Bertz CT molecular complexity index is 658. The fraction of sp³-hybridized carbons (Fsp3) is 0.375. The van der Waals surface area contributed by atoms with Crippen molar-refractivity contribution in [3.8, 4) is 0 Å². The molecule has 116 valence electrons. The van der Waals surface area contributed by atoms with Crippen molar-refractivity contribution < 1.29 is 9.72 Å². The first-order valence-corrected chi connectivity index (χ1v) is 7.05. The largest absolute Gasteiger partial charge is 0.271 e. The molecule has 6 nitrogen and oxygen atoms in total. The van der Waals surface area contributed by atoms with Gasteiger partial charge >= 0.3 is 0 Å². The number of amides is 1. The average molecular weight is 301 g/mol. The van der Waals surface area contributed by atoms with Crippen LogP contribution in [0.15, 0.2) is 41.0 Å². The molecule has 1 aromatic carbocycles. The number of hydrogen-bond donors (Lipinski definition) is 1. The number of nitrogens with zero attached hydrogens (tertiary/aromatic N) is 2. The number of nitro benzene ring substituents is 1. The van der Waals surface area contributed by atoms with Crippen LogP contribution in [0.25, 0.3) is 0 Å². The highest BCUT2D eigenvalue weighted by atomic mass is 16.6. The highest BCUT2D eigenvalue weighted by Crippen LogP contribution is 2.33. The first-order valence-electron chi connectivity index (χ1n) is 7.05. The van der Waals surface area contributed by atoms with E-state index < -0.39 is 4.92 Å². The van der Waals surface area contributed by atoms with Crippen molar-refractivity contribution in [3.63, 3.8) is 0 Å². The molecular weight excluding hydrogens is 282 g/mol. The fourth-order valence-corrected chi connectivity index (χ4v) is 2.69. The summed E-state index contributed by atoms with van der Waals surface area (Å²) in [6, 6.07) is 5.44. The quantitative estimate of drug-likeness (QED) is 0.685. The molecule has 0 radical (unpaired) electrons. The molecule has 6 heteroatoms. The standard InChI is InChI=1S/C16H19N3O3/c1-11-8-13(10-16(2,3)9-11)17-18-15(20)12-4-6-14(7-5-12)19(21)22/h4-8H,9-10H2,1-3H3,(H,18,20)/b17-13-. The van der Waals surface area contributed by atoms with E-state index in [0.29, 0.717) is 5.56 Å². The Balaban J connectivity index is 2.07. The van der Waals surface area contributed by atoms with Crippen LogP contribution in [-0.2, 0) is 0 Å². The maximum atomic E-state index is 12.0. The lowest BCUT2D eigenvalue weighted by atomic mass is 9.77. The van der Waals surface area contributed by atoms with Gasteiger partial charge in [0.2, 0.25) is 0 Å². The Morgan fingerprint density at radius 1 is 1.27 bits per heavy atom. The van der Waals surface area contributed by atoms with Crippen LogP contribution in [0.2, 0.25) is 0 Å². The van der Waals surface area contributed by atoms with E-state index in [1.54, 1.807) is 0 Å². The summed E-state index contributed by atoms with van der Waals surface area (Å²) in [6.07, 6.45) is 3.80. The van der Waals surface area contributed by atoms with Crippen LogP contribution < -0.4 is 5.43 Å². The molecule has 1 aliphatic carbocycles. The number of rotatable bonds is 3. The van der Waals surface area contributed by atoms with E-state index in [1.807, 2.05) is 6.08 Å². The first-order chi connectivity index (χ1) is 10.3. The maximum Gasteiger partial charge on any atom is 0.271 e. The Kier molecular flexibility index (Phi) is 4.40. The van der Waals surface area contributed by atoms with Crippen LogP contribution in [0.5, 0.6) is 0 Å². The number of hydrogen-bond acceptors (Lipinski definition) is 4. The zero-order valence-electron chi connectivity index (χ0n) is 12.9. The van der Waals surface area contributed by atoms with Gasteiger partial charge in [-0.05, 0) is 43.4 Å². The molecule has 1 aliphatic rings. The second kappa shape index (κ2) is 6.09. The SMILES string of the molecule is CC1=C/C(=N/NC(=O)c2ccc([N+](=O)[O-])cc2)CC(C)(C)C1. The molecular formula is C16H19N3O3. The lowest BCUT2D eigenvalue weighted by molar-refractivity contribution is -0.384. The zero-order chi connectivity index (χ0) is 16.3. The van der Waals surface area contributed by atoms with Crippen molar-refractivity contribution in [1.29, 1.82) is 0 Å². The van der Waals surface area contributed by atoms with Gasteiger partial charge in [0.1, 0.15) is 0 Å². The number of hydrazone groups is 1. The smallest absolute Gasteiger partial charge is 0.267 e. The highest BCUT2D eigenvalue weighted by Gasteiger charge is 2.24. The predicted octanol–water partition coefficient (Wildman–Crippen LogP) is 3.45. The molecule has 0 aromatic heterocycles. The molecule has 0 atom stereocenters. The van der Waals surface area contributed by atoms with Crippen LogP contribution in [0.4, 0.5) is 5.69 Å². The number of non-ortho nitro benzene ring substituents is 1. The number of carbonyl (C=O) groups is 1. The molecule has 0 unspecified atom stereocenters. The van der Waals surface area contributed by atoms with Crippen LogP contribution in [-0.4, -0.2) is 16.5 Å². The molecule has 0 fully saturated rings. The highest BCUT2D eigenvalue weighted by molar-refractivity contribution is 5.99. The Morgan fingerprint density at radius 2 is 1.91 bits per heavy atom. The van der Waals surface area contributed by atoms with E-state index in [0.717, 1.165) is 18.6 Å². The minimum Gasteiger partial charge on any atom is -0.267 e. The summed E-state index contributed by atoms with van der Waals surface area (Å²) >= 11 is 0. The summed E-state index contributed by atoms with van der Waals surface area (Å²) in [6.45, 7) is 6.38. The van der Waals surface area contributed by atoms with Gasteiger partial charge in [-0.3, -0.25) is 14.9 Å². The molecule has 0 saturated carbocycles. The van der Waals surface area contributed by atoms with Crippen molar-refractivity contribution in [2.45, 2.75) is 33.6 Å². The van der Waals surface area contributed by atoms with Crippen molar-refractivity contribution in [2.24, 2.45) is 10.5 Å². The number of carbonyl (C=O) groups excluding carboxylic acids is 1. The molecule has 0 bridgehead atoms. The third kappa shape index (κ3) is 4.00. The Labute approximate surface area is 129 Å². The molecule has 1 amide bonds. The summed E-state index contributed by atoms with van der Waals surface area (Å²) in [5, 5.41) is 14.8. The summed E-state index contributed by atoms with van der Waals surface area (Å²) in [5.74, 6) is -0.378. The summed E-state index contributed by atoms with van der Waals surface area (Å²) in [4.78, 5) is 22.1. The van der Waals surface area contributed by atoms with Crippen LogP contribution in [0.3, 0.4) is 0 Å². The van der Waals surface area contributed by atoms with Gasteiger partial charge in [0.15, 0.2) is 0 Å². The van der Waals surface area contributed by atoms with Crippen LogP contribution >= 0.6 is 0 Å². The van der Waals surface area contributed by atoms with Gasteiger partial charge in [0, 0.05) is 17.7 Å². The van der Waals surface area contributed by atoms with Gasteiger partial charge in [-0.25, -0.2) is 5.43 Å².